The molecule has 1 N–H and O–H groups in total. The number of methoxy groups -OCH3 is 3. The van der Waals surface area contributed by atoms with Gasteiger partial charge in [0.1, 0.15) is 13.2 Å². The number of carbonyl (C=O) groups excluding carboxylic acids is 1. The molecule has 0 atom stereocenters. The molecule has 0 aromatic heterocycles. The summed E-state index contributed by atoms with van der Waals surface area (Å²) in [6.07, 6.45) is -0.503. The number of benzene rings is 2. The summed E-state index contributed by atoms with van der Waals surface area (Å²) in [4.78, 5) is 13.5. The molecule has 0 saturated carbocycles. The molecule has 0 spiro atoms. The van der Waals surface area contributed by atoms with Crippen LogP contribution in [0.3, 0.4) is 0 Å². The fourth-order valence-corrected chi connectivity index (χ4v) is 2.49. The van der Waals surface area contributed by atoms with Crippen molar-refractivity contribution in [3.63, 3.8) is 0 Å². The lowest BCUT2D eigenvalue weighted by molar-refractivity contribution is 0.107. The summed E-state index contributed by atoms with van der Waals surface area (Å²) in [7, 11) is 4.39. The molecule has 2 aromatic rings. The van der Waals surface area contributed by atoms with Crippen molar-refractivity contribution in [1.82, 2.24) is 4.90 Å². The molecular weight excluding hydrogens is 366 g/mol. The van der Waals surface area contributed by atoms with Gasteiger partial charge in [-0.2, -0.15) is 0 Å². The molecule has 2 rings (SSSR count). The van der Waals surface area contributed by atoms with Gasteiger partial charge in [0.15, 0.2) is 23.0 Å². The first-order valence-electron chi connectivity index (χ1n) is 8.68. The molecule has 0 saturated heterocycles. The van der Waals surface area contributed by atoms with Crippen molar-refractivity contribution in [2.45, 2.75) is 0 Å². The maximum absolute atomic E-state index is 12.0. The van der Waals surface area contributed by atoms with Crippen LogP contribution < -0.4 is 18.9 Å². The number of hydrogen-bond acceptors (Lipinski definition) is 7. The monoisotopic (exact) mass is 391 g/mol. The van der Waals surface area contributed by atoms with Crippen LogP contribution in [0, 0.1) is 0 Å². The average molecular weight is 391 g/mol. The molecule has 0 fully saturated rings. The third-order valence-electron chi connectivity index (χ3n) is 3.91. The number of rotatable bonds is 10. The third-order valence-corrected chi connectivity index (χ3v) is 3.91. The minimum atomic E-state index is -0.503. The molecule has 0 aliphatic heterocycles. The lowest BCUT2D eigenvalue weighted by Gasteiger charge is -2.22. The first-order chi connectivity index (χ1) is 13.6. The Morgan fingerprint density at radius 2 is 1.43 bits per heavy atom. The Morgan fingerprint density at radius 3 is 2.00 bits per heavy atom. The van der Waals surface area contributed by atoms with Crippen LogP contribution in [-0.2, 0) is 4.74 Å². The van der Waals surface area contributed by atoms with E-state index in [2.05, 4.69) is 0 Å². The number of phenols is 1. The van der Waals surface area contributed by atoms with Crippen LogP contribution in [0.4, 0.5) is 4.79 Å². The molecule has 2 aromatic carbocycles. The van der Waals surface area contributed by atoms with Crippen molar-refractivity contribution in [2.24, 2.45) is 0 Å². The Kier molecular flexibility index (Phi) is 8.08. The van der Waals surface area contributed by atoms with E-state index in [0.29, 0.717) is 23.0 Å². The standard InChI is InChI=1S/C20H25NO7/c1-24-17-9-6-10-18(25-2)19(17)28-14-12-21(20(23)26-3)11-13-27-16-8-5-4-7-15(16)22/h4-10,22H,11-14H2,1-3H3. The van der Waals surface area contributed by atoms with E-state index < -0.39 is 6.09 Å². The summed E-state index contributed by atoms with van der Waals surface area (Å²) in [6, 6.07) is 11.9. The molecule has 28 heavy (non-hydrogen) atoms. The molecule has 8 nitrogen and oxygen atoms in total. The topological polar surface area (TPSA) is 86.7 Å². The van der Waals surface area contributed by atoms with Crippen LogP contribution in [-0.4, -0.2) is 63.7 Å². The molecule has 0 unspecified atom stereocenters. The van der Waals surface area contributed by atoms with E-state index in [4.69, 9.17) is 23.7 Å². The van der Waals surface area contributed by atoms with Gasteiger partial charge < -0.3 is 33.7 Å². The van der Waals surface area contributed by atoms with Gasteiger partial charge in [0.05, 0.1) is 34.4 Å². The second-order valence-corrected chi connectivity index (χ2v) is 5.61. The van der Waals surface area contributed by atoms with Crippen LogP contribution in [0.15, 0.2) is 42.5 Å². The molecule has 0 radical (unpaired) electrons. The van der Waals surface area contributed by atoms with Crippen molar-refractivity contribution in [1.29, 1.82) is 0 Å². The number of phenolic OH excluding ortho intramolecular Hbond substituents is 1. The van der Waals surface area contributed by atoms with Gasteiger partial charge in [-0.25, -0.2) is 4.79 Å². The van der Waals surface area contributed by atoms with Gasteiger partial charge in [-0.3, -0.25) is 0 Å². The fourth-order valence-electron chi connectivity index (χ4n) is 2.49. The maximum Gasteiger partial charge on any atom is 0.409 e. The minimum Gasteiger partial charge on any atom is -0.504 e. The Hall–Kier alpha value is -3.29. The van der Waals surface area contributed by atoms with Crippen molar-refractivity contribution < 1.29 is 33.6 Å². The quantitative estimate of drug-likeness (QED) is 0.666. The van der Waals surface area contributed by atoms with Gasteiger partial charge in [-0.1, -0.05) is 18.2 Å². The molecule has 0 bridgehead atoms. The average Bonchev–Trinajstić information content (AvgIpc) is 2.73. The lowest BCUT2D eigenvalue weighted by Crippen LogP contribution is -2.37. The van der Waals surface area contributed by atoms with Crippen LogP contribution in [0.1, 0.15) is 0 Å². The van der Waals surface area contributed by atoms with E-state index in [0.717, 1.165) is 0 Å². The predicted molar refractivity (Wildman–Crippen MR) is 103 cm³/mol. The van der Waals surface area contributed by atoms with Crippen LogP contribution in [0.5, 0.6) is 28.7 Å². The number of aromatic hydroxyl groups is 1. The number of amides is 1. The molecule has 0 aliphatic carbocycles. The summed E-state index contributed by atoms with van der Waals surface area (Å²) in [5.74, 6) is 1.92. The summed E-state index contributed by atoms with van der Waals surface area (Å²) in [6.45, 7) is 0.901. The molecule has 0 heterocycles. The van der Waals surface area contributed by atoms with Crippen molar-refractivity contribution in [3.05, 3.63) is 42.5 Å². The zero-order valence-corrected chi connectivity index (χ0v) is 16.2. The highest BCUT2D eigenvalue weighted by molar-refractivity contribution is 5.67. The van der Waals surface area contributed by atoms with Gasteiger partial charge in [-0.05, 0) is 24.3 Å². The van der Waals surface area contributed by atoms with E-state index >= 15 is 0 Å². The summed E-state index contributed by atoms with van der Waals surface area (Å²) in [5, 5.41) is 9.72. The molecule has 8 heteroatoms. The van der Waals surface area contributed by atoms with Crippen LogP contribution in [0.2, 0.25) is 0 Å². The minimum absolute atomic E-state index is 0.0405. The second-order valence-electron chi connectivity index (χ2n) is 5.61. The summed E-state index contributed by atoms with van der Waals surface area (Å²) >= 11 is 0. The van der Waals surface area contributed by atoms with Gasteiger partial charge in [-0.15, -0.1) is 0 Å². The Morgan fingerprint density at radius 1 is 0.857 bits per heavy atom. The largest absolute Gasteiger partial charge is 0.504 e. The fraction of sp³-hybridized carbons (Fsp3) is 0.350. The predicted octanol–water partition coefficient (Wildman–Crippen LogP) is 2.94. The number of hydrogen-bond donors (Lipinski definition) is 1. The van der Waals surface area contributed by atoms with Crippen molar-refractivity contribution in [2.75, 3.05) is 47.6 Å². The molecule has 0 aliphatic rings. The first kappa shape index (κ1) is 21.0. The van der Waals surface area contributed by atoms with Crippen LogP contribution in [0.25, 0.3) is 0 Å². The highest BCUT2D eigenvalue weighted by Crippen LogP contribution is 2.36. The first-order valence-corrected chi connectivity index (χ1v) is 8.68. The number of ether oxygens (including phenoxy) is 5. The maximum atomic E-state index is 12.0. The Balaban J connectivity index is 1.92. The van der Waals surface area contributed by atoms with E-state index in [1.807, 2.05) is 0 Å². The zero-order chi connectivity index (χ0) is 20.4. The third kappa shape index (κ3) is 5.60. The Labute approximate surface area is 164 Å². The lowest BCUT2D eigenvalue weighted by atomic mass is 10.3. The van der Waals surface area contributed by atoms with Gasteiger partial charge in [0.2, 0.25) is 5.75 Å². The summed E-state index contributed by atoms with van der Waals surface area (Å²) in [5.41, 5.74) is 0. The molecule has 1 amide bonds. The van der Waals surface area contributed by atoms with E-state index in [1.54, 1.807) is 50.6 Å². The van der Waals surface area contributed by atoms with Gasteiger partial charge in [0, 0.05) is 0 Å². The smallest absolute Gasteiger partial charge is 0.409 e. The normalized spacial score (nSPS) is 10.1. The number of carbonyl (C=O) groups is 1. The van der Waals surface area contributed by atoms with E-state index in [-0.39, 0.29) is 32.1 Å². The van der Waals surface area contributed by atoms with Crippen molar-refractivity contribution >= 4 is 6.09 Å². The number of nitrogens with zero attached hydrogens (tertiary/aromatic N) is 1. The van der Waals surface area contributed by atoms with E-state index in [1.165, 1.54) is 18.1 Å². The number of para-hydroxylation sites is 3. The van der Waals surface area contributed by atoms with Gasteiger partial charge in [0.25, 0.3) is 0 Å². The zero-order valence-electron chi connectivity index (χ0n) is 16.2. The molecular formula is C20H25NO7. The van der Waals surface area contributed by atoms with Crippen LogP contribution >= 0.6 is 0 Å². The highest BCUT2D eigenvalue weighted by Gasteiger charge is 2.16. The Bertz CT molecular complexity index is 744. The van der Waals surface area contributed by atoms with E-state index in [9.17, 15) is 9.90 Å². The molecule has 152 valence electrons. The van der Waals surface area contributed by atoms with Gasteiger partial charge >= 0.3 is 6.09 Å². The van der Waals surface area contributed by atoms with Crippen molar-refractivity contribution in [3.8, 4) is 28.7 Å². The summed E-state index contributed by atoms with van der Waals surface area (Å²) < 4.78 is 26.7. The highest BCUT2D eigenvalue weighted by atomic mass is 16.6. The second kappa shape index (κ2) is 10.8. The SMILES string of the molecule is COC(=O)N(CCOc1ccccc1O)CCOc1c(OC)cccc1OC.